The van der Waals surface area contributed by atoms with Crippen molar-refractivity contribution in [1.29, 1.82) is 0 Å². The van der Waals surface area contributed by atoms with E-state index in [0.29, 0.717) is 41.0 Å². The van der Waals surface area contributed by atoms with Crippen LogP contribution >= 0.6 is 11.6 Å². The van der Waals surface area contributed by atoms with Crippen LogP contribution in [0.2, 0.25) is 5.02 Å². The lowest BCUT2D eigenvalue weighted by atomic mass is 10.1. The molecule has 1 amide bonds. The molecule has 1 unspecified atom stereocenters. The van der Waals surface area contributed by atoms with E-state index in [1.54, 1.807) is 27.9 Å². The minimum absolute atomic E-state index is 0.151. The molecule has 7 heteroatoms. The van der Waals surface area contributed by atoms with Gasteiger partial charge in [0.2, 0.25) is 0 Å². The molecular formula is C19H16ClN3O3. The molecule has 1 atom stereocenters. The molecule has 2 aromatic rings. The number of imidazole rings is 1. The van der Waals surface area contributed by atoms with Gasteiger partial charge in [0.05, 0.1) is 34.6 Å². The fourth-order valence-electron chi connectivity index (χ4n) is 3.57. The molecule has 0 N–H and O–H groups in total. The van der Waals surface area contributed by atoms with Gasteiger partial charge in [-0.25, -0.2) is 9.78 Å². The zero-order valence-corrected chi connectivity index (χ0v) is 14.6. The molecule has 1 aromatic carbocycles. The van der Waals surface area contributed by atoms with Crippen LogP contribution in [0.1, 0.15) is 45.4 Å². The number of rotatable bonds is 3. The van der Waals surface area contributed by atoms with Gasteiger partial charge >= 0.3 is 5.97 Å². The van der Waals surface area contributed by atoms with Gasteiger partial charge in [0.25, 0.3) is 5.91 Å². The number of fused-ring (bicyclic) bond motifs is 5. The number of nitrogens with zero attached hydrogens (tertiary/aromatic N) is 3. The molecule has 26 heavy (non-hydrogen) atoms. The summed E-state index contributed by atoms with van der Waals surface area (Å²) in [5, 5.41) is 0.387. The molecule has 1 fully saturated rings. The zero-order valence-electron chi connectivity index (χ0n) is 13.9. The first-order valence-electron chi connectivity index (χ1n) is 8.66. The topological polar surface area (TPSA) is 64.4 Å². The third-order valence-electron chi connectivity index (χ3n) is 5.11. The normalized spacial score (nSPS) is 20.4. The Bertz CT molecular complexity index is 961. The van der Waals surface area contributed by atoms with E-state index >= 15 is 0 Å². The van der Waals surface area contributed by atoms with Gasteiger partial charge in [-0.2, -0.15) is 0 Å². The van der Waals surface area contributed by atoms with Crippen molar-refractivity contribution < 1.29 is 14.3 Å². The fourth-order valence-corrected chi connectivity index (χ4v) is 3.82. The molecule has 0 spiro atoms. The Morgan fingerprint density at radius 3 is 3.00 bits per heavy atom. The third-order valence-corrected chi connectivity index (χ3v) is 5.42. The number of carbonyl (C=O) groups excluding carboxylic acids is 2. The van der Waals surface area contributed by atoms with E-state index in [1.807, 2.05) is 18.2 Å². The highest BCUT2D eigenvalue weighted by Crippen LogP contribution is 2.39. The summed E-state index contributed by atoms with van der Waals surface area (Å²) in [7, 11) is 0. The number of ether oxygens (including phenoxy) is 1. The number of benzene rings is 1. The summed E-state index contributed by atoms with van der Waals surface area (Å²) in [4.78, 5) is 31.7. The Morgan fingerprint density at radius 2 is 2.19 bits per heavy atom. The fraction of sp³-hybridized carbons (Fsp3) is 0.316. The number of amides is 1. The van der Waals surface area contributed by atoms with Crippen LogP contribution in [0, 0.1) is 5.92 Å². The molecule has 0 radical (unpaired) electrons. The smallest absolute Gasteiger partial charge is 0.358 e. The van der Waals surface area contributed by atoms with Crippen molar-refractivity contribution in [2.75, 3.05) is 13.2 Å². The monoisotopic (exact) mass is 369 g/mol. The molecule has 3 heterocycles. The van der Waals surface area contributed by atoms with Crippen molar-refractivity contribution in [3.63, 3.8) is 0 Å². The van der Waals surface area contributed by atoms with E-state index in [4.69, 9.17) is 16.3 Å². The van der Waals surface area contributed by atoms with Crippen molar-refractivity contribution in [2.45, 2.75) is 18.9 Å². The standard InChI is InChI=1S/C19H16ClN3O3/c20-12-3-1-4-13-15(12)18(24)22-8-2-5-14(22)17-16(21-10-23(13)17)19(25)26-9-11-6-7-11/h1-5,10-11,14H,6-9H2. The molecule has 1 aromatic heterocycles. The summed E-state index contributed by atoms with van der Waals surface area (Å²) in [5.74, 6) is -0.116. The zero-order chi connectivity index (χ0) is 17.8. The van der Waals surface area contributed by atoms with Crippen LogP contribution in [0.4, 0.5) is 0 Å². The number of hydrogen-bond donors (Lipinski definition) is 0. The lowest BCUT2D eigenvalue weighted by molar-refractivity contribution is 0.0474. The van der Waals surface area contributed by atoms with Crippen LogP contribution in [0.3, 0.4) is 0 Å². The lowest BCUT2D eigenvalue weighted by Gasteiger charge is -2.22. The second kappa shape index (κ2) is 5.71. The van der Waals surface area contributed by atoms with Gasteiger partial charge in [-0.3, -0.25) is 9.36 Å². The van der Waals surface area contributed by atoms with E-state index in [0.717, 1.165) is 12.8 Å². The van der Waals surface area contributed by atoms with E-state index in [2.05, 4.69) is 4.98 Å². The maximum absolute atomic E-state index is 13.1. The minimum atomic E-state index is -0.441. The van der Waals surface area contributed by atoms with E-state index in [1.165, 1.54) is 0 Å². The second-order valence-electron chi connectivity index (χ2n) is 6.85. The van der Waals surface area contributed by atoms with Crippen molar-refractivity contribution in [3.8, 4) is 5.69 Å². The Morgan fingerprint density at radius 1 is 1.35 bits per heavy atom. The maximum Gasteiger partial charge on any atom is 0.358 e. The first-order valence-corrected chi connectivity index (χ1v) is 9.04. The molecule has 5 rings (SSSR count). The molecule has 132 valence electrons. The van der Waals surface area contributed by atoms with Gasteiger partial charge in [0, 0.05) is 6.54 Å². The average molecular weight is 370 g/mol. The van der Waals surface area contributed by atoms with Crippen molar-refractivity contribution in [1.82, 2.24) is 14.5 Å². The van der Waals surface area contributed by atoms with E-state index < -0.39 is 5.97 Å². The van der Waals surface area contributed by atoms with Gasteiger partial charge in [0.1, 0.15) is 6.33 Å². The summed E-state index contributed by atoms with van der Waals surface area (Å²) in [5.41, 5.74) is 1.97. The van der Waals surface area contributed by atoms with E-state index in [-0.39, 0.29) is 17.6 Å². The molecule has 0 bridgehead atoms. The number of aromatic nitrogens is 2. The highest BCUT2D eigenvalue weighted by atomic mass is 35.5. The highest BCUT2D eigenvalue weighted by Gasteiger charge is 2.39. The first kappa shape index (κ1) is 15.6. The van der Waals surface area contributed by atoms with Crippen molar-refractivity contribution in [3.05, 3.63) is 58.7 Å². The van der Waals surface area contributed by atoms with Gasteiger partial charge < -0.3 is 9.64 Å². The maximum atomic E-state index is 13.1. The number of hydrogen-bond acceptors (Lipinski definition) is 4. The predicted octanol–water partition coefficient (Wildman–Crippen LogP) is 3.16. The molecule has 2 aliphatic heterocycles. The van der Waals surface area contributed by atoms with Crippen molar-refractivity contribution in [2.24, 2.45) is 5.92 Å². The second-order valence-corrected chi connectivity index (χ2v) is 7.26. The van der Waals surface area contributed by atoms with Gasteiger partial charge in [-0.15, -0.1) is 0 Å². The summed E-state index contributed by atoms with van der Waals surface area (Å²) in [6.45, 7) is 0.895. The Labute approximate surface area is 155 Å². The first-order chi connectivity index (χ1) is 12.6. The van der Waals surface area contributed by atoms with Crippen LogP contribution in [0.15, 0.2) is 36.7 Å². The van der Waals surface area contributed by atoms with Crippen LogP contribution < -0.4 is 0 Å². The van der Waals surface area contributed by atoms with Gasteiger partial charge in [0.15, 0.2) is 5.69 Å². The molecule has 3 aliphatic rings. The summed E-state index contributed by atoms with van der Waals surface area (Å²) in [6, 6.07) is 4.94. The largest absolute Gasteiger partial charge is 0.461 e. The average Bonchev–Trinajstić information content (AvgIpc) is 3.18. The highest BCUT2D eigenvalue weighted by molar-refractivity contribution is 6.34. The number of carbonyl (C=O) groups is 2. The van der Waals surface area contributed by atoms with Crippen LogP contribution in [0.25, 0.3) is 5.69 Å². The molecule has 1 aliphatic carbocycles. The lowest BCUT2D eigenvalue weighted by Crippen LogP contribution is -2.31. The van der Waals surface area contributed by atoms with Crippen LogP contribution in [0.5, 0.6) is 0 Å². The number of esters is 1. The Kier molecular flexibility index (Phi) is 3.43. The number of halogens is 1. The third kappa shape index (κ3) is 2.29. The minimum Gasteiger partial charge on any atom is -0.461 e. The molecular weight excluding hydrogens is 354 g/mol. The Hall–Kier alpha value is -2.60. The van der Waals surface area contributed by atoms with E-state index in [9.17, 15) is 9.59 Å². The predicted molar refractivity (Wildman–Crippen MR) is 94.5 cm³/mol. The van der Waals surface area contributed by atoms with Crippen LogP contribution in [-0.4, -0.2) is 39.5 Å². The Balaban J connectivity index is 1.65. The summed E-state index contributed by atoms with van der Waals surface area (Å²) in [6.07, 6.45) is 7.62. The quantitative estimate of drug-likeness (QED) is 0.615. The molecule has 1 saturated carbocycles. The van der Waals surface area contributed by atoms with Crippen LogP contribution in [-0.2, 0) is 4.74 Å². The van der Waals surface area contributed by atoms with Crippen molar-refractivity contribution >= 4 is 23.5 Å². The molecule has 0 saturated heterocycles. The summed E-state index contributed by atoms with van der Waals surface area (Å²) >= 11 is 6.33. The SMILES string of the molecule is O=C(OCC1CC1)c1ncn2c1C1C=CCN1C(=O)c1c(Cl)cccc1-2. The van der Waals surface area contributed by atoms with Gasteiger partial charge in [-0.05, 0) is 30.9 Å². The molecule has 6 nitrogen and oxygen atoms in total. The summed E-state index contributed by atoms with van der Waals surface area (Å²) < 4.78 is 7.22. The van der Waals surface area contributed by atoms with Gasteiger partial charge in [-0.1, -0.05) is 29.8 Å².